The molecule has 0 aromatic heterocycles. The zero-order valence-corrected chi connectivity index (χ0v) is 14.6. The molecule has 0 bridgehead atoms. The third-order valence-corrected chi connectivity index (χ3v) is 5.28. The maximum atomic E-state index is 12.3. The Morgan fingerprint density at radius 3 is 2.42 bits per heavy atom. The van der Waals surface area contributed by atoms with Crippen LogP contribution in [0.4, 0.5) is 0 Å². The molecule has 0 saturated heterocycles. The minimum absolute atomic E-state index is 0.0819. The first kappa shape index (κ1) is 16.5. The Balaban J connectivity index is 1.94. The van der Waals surface area contributed by atoms with E-state index in [1.54, 1.807) is 12.1 Å². The van der Waals surface area contributed by atoms with E-state index in [9.17, 15) is 8.42 Å². The van der Waals surface area contributed by atoms with Crippen LogP contribution in [0.2, 0.25) is 0 Å². The van der Waals surface area contributed by atoms with Gasteiger partial charge < -0.3 is 4.74 Å². The standard InChI is InChI=1S/C18H19NO4S/c1-12-8-10-15(11-9-12)24(20,21)23-19-18-13(2)14(3)22-17-7-5-4-6-16(17)18/h4-11,13-14H,1-3H3/b19-18+. The van der Waals surface area contributed by atoms with Crippen LogP contribution in [0.25, 0.3) is 0 Å². The molecule has 2 aromatic carbocycles. The highest BCUT2D eigenvalue weighted by Gasteiger charge is 2.30. The first-order valence-corrected chi connectivity index (χ1v) is 9.13. The molecule has 5 nitrogen and oxygen atoms in total. The van der Waals surface area contributed by atoms with Gasteiger partial charge in [0.1, 0.15) is 16.7 Å². The summed E-state index contributed by atoms with van der Waals surface area (Å²) in [5.74, 6) is 0.589. The van der Waals surface area contributed by atoms with E-state index in [2.05, 4.69) is 5.16 Å². The summed E-state index contributed by atoms with van der Waals surface area (Å²) in [7, 11) is -3.95. The van der Waals surface area contributed by atoms with Crippen LogP contribution < -0.4 is 4.74 Å². The molecule has 0 fully saturated rings. The molecular weight excluding hydrogens is 326 g/mol. The first-order chi connectivity index (χ1) is 11.4. The van der Waals surface area contributed by atoms with Crippen molar-refractivity contribution >= 4 is 15.8 Å². The largest absolute Gasteiger partial charge is 0.489 e. The second-order valence-corrected chi connectivity index (χ2v) is 7.45. The monoisotopic (exact) mass is 345 g/mol. The Morgan fingerprint density at radius 1 is 1.04 bits per heavy atom. The molecule has 0 spiro atoms. The minimum Gasteiger partial charge on any atom is -0.489 e. The van der Waals surface area contributed by atoms with Crippen molar-refractivity contribution in [3.05, 3.63) is 59.7 Å². The molecule has 2 unspecified atom stereocenters. The number of nitrogens with zero attached hydrogens (tertiary/aromatic N) is 1. The van der Waals surface area contributed by atoms with Gasteiger partial charge in [-0.05, 0) is 38.1 Å². The number of hydrogen-bond donors (Lipinski definition) is 0. The lowest BCUT2D eigenvalue weighted by Crippen LogP contribution is -2.34. The van der Waals surface area contributed by atoms with E-state index in [1.807, 2.05) is 45.0 Å². The highest BCUT2D eigenvalue weighted by molar-refractivity contribution is 7.86. The fourth-order valence-electron chi connectivity index (χ4n) is 2.52. The summed E-state index contributed by atoms with van der Waals surface area (Å²) in [6, 6.07) is 13.9. The maximum Gasteiger partial charge on any atom is 0.358 e. The lowest BCUT2D eigenvalue weighted by atomic mass is 9.91. The fraction of sp³-hybridized carbons (Fsp3) is 0.278. The van der Waals surface area contributed by atoms with Crippen molar-refractivity contribution in [3.8, 4) is 5.75 Å². The number of ether oxygens (including phenoxy) is 1. The third-order valence-electron chi connectivity index (χ3n) is 4.15. The van der Waals surface area contributed by atoms with Gasteiger partial charge in [-0.25, -0.2) is 0 Å². The minimum atomic E-state index is -3.95. The molecule has 24 heavy (non-hydrogen) atoms. The molecule has 0 saturated carbocycles. The smallest absolute Gasteiger partial charge is 0.358 e. The van der Waals surface area contributed by atoms with E-state index in [0.717, 1.165) is 11.1 Å². The van der Waals surface area contributed by atoms with E-state index in [4.69, 9.17) is 9.02 Å². The van der Waals surface area contributed by atoms with Gasteiger partial charge in [0, 0.05) is 11.5 Å². The van der Waals surface area contributed by atoms with Crippen LogP contribution in [-0.4, -0.2) is 20.2 Å². The molecule has 2 aromatic rings. The second kappa shape index (κ2) is 6.28. The first-order valence-electron chi connectivity index (χ1n) is 7.73. The van der Waals surface area contributed by atoms with Crippen LogP contribution in [0, 0.1) is 12.8 Å². The Bertz CT molecular complexity index is 872. The van der Waals surface area contributed by atoms with Gasteiger partial charge in [-0.3, -0.25) is 4.28 Å². The summed E-state index contributed by atoms with van der Waals surface area (Å²) in [5, 5.41) is 3.98. The highest BCUT2D eigenvalue weighted by Crippen LogP contribution is 2.31. The summed E-state index contributed by atoms with van der Waals surface area (Å²) >= 11 is 0. The van der Waals surface area contributed by atoms with Crippen molar-refractivity contribution in [2.75, 3.05) is 0 Å². The van der Waals surface area contributed by atoms with Crippen molar-refractivity contribution in [2.24, 2.45) is 11.1 Å². The molecule has 6 heteroatoms. The molecule has 1 heterocycles. The van der Waals surface area contributed by atoms with Gasteiger partial charge in [-0.1, -0.05) is 41.9 Å². The fourth-order valence-corrected chi connectivity index (χ4v) is 3.25. The average molecular weight is 345 g/mol. The Morgan fingerprint density at radius 2 is 1.71 bits per heavy atom. The lowest BCUT2D eigenvalue weighted by Gasteiger charge is -2.29. The summed E-state index contributed by atoms with van der Waals surface area (Å²) in [4.78, 5) is 0.0819. The number of benzene rings is 2. The van der Waals surface area contributed by atoms with Gasteiger partial charge in [-0.15, -0.1) is 0 Å². The van der Waals surface area contributed by atoms with Crippen molar-refractivity contribution in [3.63, 3.8) is 0 Å². The summed E-state index contributed by atoms with van der Waals surface area (Å²) in [6.45, 7) is 5.74. The van der Waals surface area contributed by atoms with Crippen molar-refractivity contribution in [2.45, 2.75) is 31.8 Å². The van der Waals surface area contributed by atoms with Crippen LogP contribution in [0.15, 0.2) is 58.6 Å². The normalized spacial score (nSPS) is 21.9. The van der Waals surface area contributed by atoms with Crippen molar-refractivity contribution in [1.29, 1.82) is 0 Å². The molecule has 1 aliphatic rings. The van der Waals surface area contributed by atoms with Crippen LogP contribution in [-0.2, 0) is 14.4 Å². The Kier molecular flexibility index (Phi) is 4.32. The SMILES string of the molecule is Cc1ccc(S(=O)(=O)O/N=C2/c3ccccc3OC(C)C2C)cc1. The summed E-state index contributed by atoms with van der Waals surface area (Å²) in [5.41, 5.74) is 2.29. The van der Waals surface area contributed by atoms with Gasteiger partial charge in [0.2, 0.25) is 0 Å². The molecule has 0 radical (unpaired) electrons. The lowest BCUT2D eigenvalue weighted by molar-refractivity contribution is 0.179. The average Bonchev–Trinajstić information content (AvgIpc) is 2.56. The maximum absolute atomic E-state index is 12.3. The van der Waals surface area contributed by atoms with E-state index in [0.29, 0.717) is 11.5 Å². The number of oxime groups is 1. The molecular formula is C18H19NO4S. The highest BCUT2D eigenvalue weighted by atomic mass is 32.2. The molecule has 0 aliphatic carbocycles. The van der Waals surface area contributed by atoms with E-state index in [-0.39, 0.29) is 16.9 Å². The molecule has 1 aliphatic heterocycles. The van der Waals surface area contributed by atoms with Crippen LogP contribution >= 0.6 is 0 Å². The van der Waals surface area contributed by atoms with Gasteiger partial charge in [0.25, 0.3) is 0 Å². The van der Waals surface area contributed by atoms with E-state index < -0.39 is 10.1 Å². The summed E-state index contributed by atoms with van der Waals surface area (Å²) in [6.07, 6.45) is -0.121. The van der Waals surface area contributed by atoms with Gasteiger partial charge >= 0.3 is 10.1 Å². The van der Waals surface area contributed by atoms with Crippen LogP contribution in [0.1, 0.15) is 25.0 Å². The number of fused-ring (bicyclic) bond motifs is 1. The van der Waals surface area contributed by atoms with Gasteiger partial charge in [0.05, 0.1) is 5.71 Å². The summed E-state index contributed by atoms with van der Waals surface area (Å²) < 4.78 is 35.4. The quantitative estimate of drug-likeness (QED) is 0.799. The number of hydrogen-bond acceptors (Lipinski definition) is 5. The van der Waals surface area contributed by atoms with E-state index >= 15 is 0 Å². The second-order valence-electron chi connectivity index (χ2n) is 5.93. The number of para-hydroxylation sites is 1. The molecule has 0 amide bonds. The molecule has 0 N–H and O–H groups in total. The third kappa shape index (κ3) is 3.14. The predicted molar refractivity (Wildman–Crippen MR) is 91.7 cm³/mol. The van der Waals surface area contributed by atoms with Crippen molar-refractivity contribution in [1.82, 2.24) is 0 Å². The zero-order chi connectivity index (χ0) is 17.3. The Hall–Kier alpha value is -2.34. The zero-order valence-electron chi connectivity index (χ0n) is 13.8. The number of aryl methyl sites for hydroxylation is 1. The van der Waals surface area contributed by atoms with Gasteiger partial charge in [-0.2, -0.15) is 8.42 Å². The predicted octanol–water partition coefficient (Wildman–Crippen LogP) is 3.52. The van der Waals surface area contributed by atoms with Crippen LogP contribution in [0.3, 0.4) is 0 Å². The van der Waals surface area contributed by atoms with E-state index in [1.165, 1.54) is 12.1 Å². The molecule has 3 rings (SSSR count). The van der Waals surface area contributed by atoms with Crippen LogP contribution in [0.5, 0.6) is 5.75 Å². The Labute approximate surface area is 142 Å². The van der Waals surface area contributed by atoms with Crippen molar-refractivity contribution < 1.29 is 17.4 Å². The molecule has 126 valence electrons. The molecule has 2 atom stereocenters. The number of rotatable bonds is 3. The topological polar surface area (TPSA) is 65.0 Å². The van der Waals surface area contributed by atoms with Gasteiger partial charge in [0.15, 0.2) is 0 Å².